The number of halogens is 1. The van der Waals surface area contributed by atoms with Gasteiger partial charge in [-0.1, -0.05) is 15.9 Å². The molecule has 0 N–H and O–H groups in total. The molecule has 2 heterocycles. The average Bonchev–Trinajstić information content (AvgIpc) is 2.68. The van der Waals surface area contributed by atoms with Gasteiger partial charge in [-0.15, -0.1) is 0 Å². The Morgan fingerprint density at radius 2 is 2.28 bits per heavy atom. The second kappa shape index (κ2) is 4.40. The van der Waals surface area contributed by atoms with E-state index in [0.29, 0.717) is 24.8 Å². The van der Waals surface area contributed by atoms with Crippen molar-refractivity contribution in [3.8, 4) is 0 Å². The molecule has 5 nitrogen and oxygen atoms in total. The molecule has 0 bridgehead atoms. The summed E-state index contributed by atoms with van der Waals surface area (Å²) in [6.45, 7) is 6.43. The lowest BCUT2D eigenvalue weighted by molar-refractivity contribution is -0.147. The highest BCUT2D eigenvalue weighted by molar-refractivity contribution is 9.09. The maximum Gasteiger partial charge on any atom is 0.410 e. The van der Waals surface area contributed by atoms with Crippen LogP contribution in [0.2, 0.25) is 0 Å². The number of hydrogen-bond acceptors (Lipinski definition) is 4. The second-order valence-corrected chi connectivity index (χ2v) is 6.50. The quantitative estimate of drug-likeness (QED) is 0.547. The van der Waals surface area contributed by atoms with Gasteiger partial charge in [-0.3, -0.25) is 4.79 Å². The molecule has 6 heteroatoms. The topological polar surface area (TPSA) is 55.8 Å². The van der Waals surface area contributed by atoms with Crippen LogP contribution >= 0.6 is 15.9 Å². The van der Waals surface area contributed by atoms with Crippen LogP contribution in [0.1, 0.15) is 27.2 Å². The Kier molecular flexibility index (Phi) is 3.34. The third-order valence-electron chi connectivity index (χ3n) is 3.25. The van der Waals surface area contributed by atoms with Gasteiger partial charge in [0, 0.05) is 17.8 Å². The Hall–Kier alpha value is -0.780. The number of carbonyl (C=O) groups excluding carboxylic acids is 2. The number of amides is 1. The number of nitrogens with zero attached hydrogens (tertiary/aromatic N) is 1. The van der Waals surface area contributed by atoms with Crippen molar-refractivity contribution in [2.45, 2.75) is 38.4 Å². The van der Waals surface area contributed by atoms with Gasteiger partial charge in [-0.25, -0.2) is 4.79 Å². The van der Waals surface area contributed by atoms with Crippen molar-refractivity contribution >= 4 is 28.0 Å². The summed E-state index contributed by atoms with van der Waals surface area (Å²) in [6.07, 6.45) is 0.0403. The van der Waals surface area contributed by atoms with Crippen molar-refractivity contribution in [1.82, 2.24) is 4.90 Å². The van der Waals surface area contributed by atoms with E-state index < -0.39 is 11.2 Å². The summed E-state index contributed by atoms with van der Waals surface area (Å²) in [5.41, 5.74) is -1.07. The zero-order valence-corrected chi connectivity index (χ0v) is 12.4. The Labute approximate surface area is 115 Å². The van der Waals surface area contributed by atoms with E-state index in [1.54, 1.807) is 4.90 Å². The monoisotopic (exact) mass is 319 g/mol. The lowest BCUT2D eigenvalue weighted by Gasteiger charge is -2.27. The fraction of sp³-hybridized carbons (Fsp3) is 0.833. The van der Waals surface area contributed by atoms with Crippen molar-refractivity contribution in [1.29, 1.82) is 0 Å². The van der Waals surface area contributed by atoms with Crippen LogP contribution in [0.3, 0.4) is 0 Å². The molecule has 0 aromatic carbocycles. The number of rotatable bonds is 1. The van der Waals surface area contributed by atoms with E-state index in [1.807, 2.05) is 20.8 Å². The maximum absolute atomic E-state index is 12.0. The highest BCUT2D eigenvalue weighted by Crippen LogP contribution is 2.41. The molecule has 0 radical (unpaired) electrons. The first-order chi connectivity index (χ1) is 8.26. The molecule has 2 atom stereocenters. The van der Waals surface area contributed by atoms with Gasteiger partial charge in [-0.05, 0) is 20.8 Å². The van der Waals surface area contributed by atoms with Gasteiger partial charge < -0.3 is 14.4 Å². The zero-order valence-electron chi connectivity index (χ0n) is 10.9. The lowest BCUT2D eigenvalue weighted by Crippen LogP contribution is -2.41. The van der Waals surface area contributed by atoms with Crippen molar-refractivity contribution < 1.29 is 19.1 Å². The average molecular weight is 320 g/mol. The fourth-order valence-corrected chi connectivity index (χ4v) is 3.18. The van der Waals surface area contributed by atoms with Gasteiger partial charge >= 0.3 is 12.1 Å². The molecule has 0 aliphatic carbocycles. The first kappa shape index (κ1) is 13.6. The number of ether oxygens (including phenoxy) is 2. The first-order valence-corrected chi connectivity index (χ1v) is 7.14. The zero-order chi connectivity index (χ0) is 13.6. The standard InChI is InChI=1S/C12H18BrNO4/c1-11(2,3)18-10(16)14-5-8-4-9(15)17-12(8,6-13)7-14/h8H,4-7H2,1-3H3/t8-,12+/m0/s1. The molecule has 18 heavy (non-hydrogen) atoms. The molecule has 2 fully saturated rings. The molecule has 2 rings (SSSR count). The molecule has 0 unspecified atom stereocenters. The number of esters is 1. The number of likely N-dealkylation sites (tertiary alicyclic amines) is 1. The minimum atomic E-state index is -0.562. The van der Waals surface area contributed by atoms with Crippen LogP contribution in [0.5, 0.6) is 0 Å². The summed E-state index contributed by atoms with van der Waals surface area (Å²) in [4.78, 5) is 25.0. The van der Waals surface area contributed by atoms with Crippen LogP contribution in [-0.4, -0.2) is 46.6 Å². The molecule has 0 aromatic heterocycles. The summed E-state index contributed by atoms with van der Waals surface area (Å²) in [7, 11) is 0. The van der Waals surface area contributed by atoms with Crippen LogP contribution in [0.15, 0.2) is 0 Å². The van der Waals surface area contributed by atoms with Crippen LogP contribution in [-0.2, 0) is 14.3 Å². The van der Waals surface area contributed by atoms with Gasteiger partial charge in [0.05, 0.1) is 13.0 Å². The van der Waals surface area contributed by atoms with Crippen molar-refractivity contribution in [2.24, 2.45) is 5.92 Å². The Morgan fingerprint density at radius 1 is 1.61 bits per heavy atom. The van der Waals surface area contributed by atoms with E-state index in [1.165, 1.54) is 0 Å². The predicted octanol–water partition coefficient (Wildman–Crippen LogP) is 1.93. The van der Waals surface area contributed by atoms with Gasteiger partial charge in [-0.2, -0.15) is 0 Å². The van der Waals surface area contributed by atoms with Gasteiger partial charge in [0.15, 0.2) is 0 Å². The lowest BCUT2D eigenvalue weighted by atomic mass is 9.93. The van der Waals surface area contributed by atoms with Crippen LogP contribution < -0.4 is 0 Å². The third-order valence-corrected chi connectivity index (χ3v) is 4.20. The highest BCUT2D eigenvalue weighted by Gasteiger charge is 2.56. The molecule has 0 aromatic rings. The normalized spacial score (nSPS) is 31.2. The van der Waals surface area contributed by atoms with Gasteiger partial charge in [0.25, 0.3) is 0 Å². The fourth-order valence-electron chi connectivity index (χ4n) is 2.43. The molecule has 1 amide bonds. The molecule has 0 spiro atoms. The first-order valence-electron chi connectivity index (χ1n) is 6.01. The van der Waals surface area contributed by atoms with Crippen molar-refractivity contribution in [3.63, 3.8) is 0 Å². The minimum Gasteiger partial charge on any atom is -0.456 e. The summed E-state index contributed by atoms with van der Waals surface area (Å²) in [6, 6.07) is 0. The summed E-state index contributed by atoms with van der Waals surface area (Å²) in [5.74, 6) is -0.111. The van der Waals surface area contributed by atoms with E-state index in [-0.39, 0.29) is 18.0 Å². The smallest absolute Gasteiger partial charge is 0.410 e. The third kappa shape index (κ3) is 2.48. The SMILES string of the molecule is CC(C)(C)OC(=O)N1C[C@@H]2CC(=O)O[C@]2(CBr)C1. The maximum atomic E-state index is 12.0. The Bertz CT molecular complexity index is 379. The van der Waals surface area contributed by atoms with Crippen molar-refractivity contribution in [3.05, 3.63) is 0 Å². The summed E-state index contributed by atoms with van der Waals surface area (Å²) < 4.78 is 10.7. The highest BCUT2D eigenvalue weighted by atomic mass is 79.9. The molecular weight excluding hydrogens is 302 g/mol. The number of alkyl halides is 1. The molecule has 2 saturated heterocycles. The van der Waals surface area contributed by atoms with Crippen LogP contribution in [0.4, 0.5) is 4.79 Å². The van der Waals surface area contributed by atoms with E-state index in [4.69, 9.17) is 9.47 Å². The predicted molar refractivity (Wildman–Crippen MR) is 68.5 cm³/mol. The Balaban J connectivity index is 2.05. The van der Waals surface area contributed by atoms with E-state index in [9.17, 15) is 9.59 Å². The number of fused-ring (bicyclic) bond motifs is 1. The number of hydrogen-bond donors (Lipinski definition) is 0. The van der Waals surface area contributed by atoms with Crippen LogP contribution in [0.25, 0.3) is 0 Å². The summed E-state index contributed by atoms with van der Waals surface area (Å²) >= 11 is 3.38. The molecule has 2 aliphatic heterocycles. The Morgan fingerprint density at radius 3 is 2.78 bits per heavy atom. The minimum absolute atomic E-state index is 0.0666. The van der Waals surface area contributed by atoms with Crippen LogP contribution in [0, 0.1) is 5.92 Å². The summed E-state index contributed by atoms with van der Waals surface area (Å²) in [5, 5.41) is 0.551. The largest absolute Gasteiger partial charge is 0.456 e. The molecule has 2 aliphatic rings. The second-order valence-electron chi connectivity index (χ2n) is 5.93. The van der Waals surface area contributed by atoms with E-state index >= 15 is 0 Å². The van der Waals surface area contributed by atoms with Gasteiger partial charge in [0.1, 0.15) is 11.2 Å². The molecule has 102 valence electrons. The van der Waals surface area contributed by atoms with E-state index in [2.05, 4.69) is 15.9 Å². The van der Waals surface area contributed by atoms with Gasteiger partial charge in [0.2, 0.25) is 0 Å². The number of carbonyl (C=O) groups is 2. The molecule has 0 saturated carbocycles. The van der Waals surface area contributed by atoms with E-state index in [0.717, 1.165) is 0 Å². The molecular formula is C12H18BrNO4. The van der Waals surface area contributed by atoms with Crippen molar-refractivity contribution in [2.75, 3.05) is 18.4 Å².